The number of hydrogen-bond donors (Lipinski definition) is 3. The second kappa shape index (κ2) is 8.33. The first-order valence-electron chi connectivity index (χ1n) is 8.21. The van der Waals surface area contributed by atoms with Crippen LogP contribution in [-0.2, 0) is 4.79 Å². The summed E-state index contributed by atoms with van der Waals surface area (Å²) in [7, 11) is 0. The van der Waals surface area contributed by atoms with Crippen LogP contribution in [0.3, 0.4) is 0 Å². The lowest BCUT2D eigenvalue weighted by Crippen LogP contribution is -2.11. The van der Waals surface area contributed by atoms with Gasteiger partial charge in [0.1, 0.15) is 0 Å². The Balaban J connectivity index is 1.59. The molecule has 3 aromatic rings. The Morgan fingerprint density at radius 3 is 2.22 bits per heavy atom. The number of carbonyl (C=O) groups is 3. The fraction of sp³-hybridized carbons (Fsp3) is 0.105. The first-order valence-corrected chi connectivity index (χ1v) is 9.02. The number of thiophene rings is 1. The van der Waals surface area contributed by atoms with Gasteiger partial charge in [-0.3, -0.25) is 14.4 Å². The first kappa shape index (κ1) is 18.4. The highest BCUT2D eigenvalue weighted by atomic mass is 32.1. The van der Waals surface area contributed by atoms with Gasteiger partial charge in [-0.1, -0.05) is 6.92 Å². The molecule has 0 radical (unpaired) electrons. The first-order chi connectivity index (χ1) is 13.0. The molecule has 7 nitrogen and oxygen atoms in total. The monoisotopic (exact) mass is 383 g/mol. The highest BCUT2D eigenvalue weighted by Gasteiger charge is 2.13. The van der Waals surface area contributed by atoms with E-state index in [9.17, 15) is 14.4 Å². The van der Waals surface area contributed by atoms with Crippen molar-refractivity contribution in [2.24, 2.45) is 0 Å². The van der Waals surface area contributed by atoms with Crippen molar-refractivity contribution in [2.45, 2.75) is 13.3 Å². The molecular formula is C19H17N3O4S. The van der Waals surface area contributed by atoms with E-state index in [0.717, 1.165) is 11.3 Å². The molecule has 3 rings (SSSR count). The minimum atomic E-state index is -0.376. The van der Waals surface area contributed by atoms with Gasteiger partial charge in [0, 0.05) is 17.8 Å². The summed E-state index contributed by atoms with van der Waals surface area (Å²) in [6.45, 7) is 1.77. The van der Waals surface area contributed by atoms with E-state index in [-0.39, 0.29) is 23.5 Å². The lowest BCUT2D eigenvalue weighted by molar-refractivity contribution is -0.115. The molecule has 0 bridgehead atoms. The standard InChI is InChI=1S/C19H17N3O4S/c1-2-16(23)20-12-5-7-13(8-6-12)21-19(25)15-9-10-17(27-15)22-18(24)14-4-3-11-26-14/h3-11H,2H2,1H3,(H,20,23)(H,21,25)(H,22,24). The zero-order valence-corrected chi connectivity index (χ0v) is 15.3. The Labute approximate surface area is 159 Å². The maximum Gasteiger partial charge on any atom is 0.291 e. The third-order valence-electron chi connectivity index (χ3n) is 3.56. The highest BCUT2D eigenvalue weighted by Crippen LogP contribution is 2.24. The Bertz CT molecular complexity index is 946. The topological polar surface area (TPSA) is 100 Å². The minimum Gasteiger partial charge on any atom is -0.459 e. The second-order valence-corrected chi connectivity index (χ2v) is 6.61. The van der Waals surface area contributed by atoms with Gasteiger partial charge in [0.05, 0.1) is 16.1 Å². The van der Waals surface area contributed by atoms with Crippen molar-refractivity contribution < 1.29 is 18.8 Å². The molecule has 0 spiro atoms. The van der Waals surface area contributed by atoms with E-state index in [1.807, 2.05) is 0 Å². The van der Waals surface area contributed by atoms with Gasteiger partial charge in [0.2, 0.25) is 5.91 Å². The average molecular weight is 383 g/mol. The quantitative estimate of drug-likeness (QED) is 0.594. The van der Waals surface area contributed by atoms with E-state index >= 15 is 0 Å². The molecule has 3 amide bonds. The summed E-state index contributed by atoms with van der Waals surface area (Å²) in [4.78, 5) is 36.1. The zero-order valence-electron chi connectivity index (χ0n) is 14.4. The fourth-order valence-corrected chi connectivity index (χ4v) is 2.98. The van der Waals surface area contributed by atoms with E-state index in [1.54, 1.807) is 55.5 Å². The van der Waals surface area contributed by atoms with Gasteiger partial charge in [-0.25, -0.2) is 0 Å². The molecule has 0 saturated heterocycles. The molecule has 0 fully saturated rings. The number of rotatable bonds is 6. The van der Waals surface area contributed by atoms with Crippen LogP contribution in [0.2, 0.25) is 0 Å². The van der Waals surface area contributed by atoms with Crippen molar-refractivity contribution in [2.75, 3.05) is 16.0 Å². The van der Waals surface area contributed by atoms with Crippen molar-refractivity contribution >= 4 is 45.4 Å². The van der Waals surface area contributed by atoms with Gasteiger partial charge >= 0.3 is 0 Å². The smallest absolute Gasteiger partial charge is 0.291 e. The van der Waals surface area contributed by atoms with Crippen LogP contribution in [0.15, 0.2) is 59.2 Å². The molecule has 0 aliphatic carbocycles. The predicted octanol–water partition coefficient (Wildman–Crippen LogP) is 4.19. The average Bonchev–Trinajstić information content (AvgIpc) is 3.35. The zero-order chi connectivity index (χ0) is 19.2. The van der Waals surface area contributed by atoms with E-state index in [1.165, 1.54) is 6.26 Å². The van der Waals surface area contributed by atoms with Crippen molar-refractivity contribution in [3.05, 3.63) is 65.4 Å². The molecule has 0 atom stereocenters. The van der Waals surface area contributed by atoms with Crippen LogP contribution < -0.4 is 16.0 Å². The maximum absolute atomic E-state index is 12.3. The van der Waals surface area contributed by atoms with E-state index in [0.29, 0.717) is 27.7 Å². The maximum atomic E-state index is 12.3. The number of hydrogen-bond acceptors (Lipinski definition) is 5. The number of anilines is 3. The number of nitrogens with one attached hydrogen (secondary N) is 3. The van der Waals surface area contributed by atoms with Crippen LogP contribution in [-0.4, -0.2) is 17.7 Å². The summed E-state index contributed by atoms with van der Waals surface area (Å²) in [6, 6.07) is 13.3. The molecule has 8 heteroatoms. The van der Waals surface area contributed by atoms with E-state index in [4.69, 9.17) is 4.42 Å². The Morgan fingerprint density at radius 2 is 1.59 bits per heavy atom. The number of amides is 3. The summed E-state index contributed by atoms with van der Waals surface area (Å²) >= 11 is 1.16. The molecule has 2 heterocycles. The van der Waals surface area contributed by atoms with Gasteiger partial charge in [-0.05, 0) is 48.5 Å². The molecule has 0 saturated carbocycles. The molecule has 2 aromatic heterocycles. The third-order valence-corrected chi connectivity index (χ3v) is 4.56. The summed E-state index contributed by atoms with van der Waals surface area (Å²) in [5.74, 6) is -0.540. The number of carbonyl (C=O) groups excluding carboxylic acids is 3. The Morgan fingerprint density at radius 1 is 0.889 bits per heavy atom. The molecule has 0 aliphatic rings. The molecule has 27 heavy (non-hydrogen) atoms. The Kier molecular flexibility index (Phi) is 5.68. The molecular weight excluding hydrogens is 366 g/mol. The molecule has 0 unspecified atom stereocenters. The number of benzene rings is 1. The molecule has 1 aromatic carbocycles. The highest BCUT2D eigenvalue weighted by molar-refractivity contribution is 7.18. The van der Waals surface area contributed by atoms with Crippen LogP contribution in [0.1, 0.15) is 33.6 Å². The van der Waals surface area contributed by atoms with Crippen molar-refractivity contribution in [3.63, 3.8) is 0 Å². The Hall–Kier alpha value is -3.39. The van der Waals surface area contributed by atoms with Gasteiger partial charge in [0.15, 0.2) is 5.76 Å². The van der Waals surface area contributed by atoms with Crippen LogP contribution in [0.4, 0.5) is 16.4 Å². The van der Waals surface area contributed by atoms with Crippen LogP contribution in [0.25, 0.3) is 0 Å². The third kappa shape index (κ3) is 4.83. The van der Waals surface area contributed by atoms with Crippen molar-refractivity contribution in [1.29, 1.82) is 0 Å². The van der Waals surface area contributed by atoms with Crippen LogP contribution >= 0.6 is 11.3 Å². The molecule has 3 N–H and O–H groups in total. The lowest BCUT2D eigenvalue weighted by atomic mass is 10.2. The molecule has 138 valence electrons. The van der Waals surface area contributed by atoms with Gasteiger partial charge in [-0.15, -0.1) is 11.3 Å². The van der Waals surface area contributed by atoms with Crippen molar-refractivity contribution in [3.8, 4) is 0 Å². The largest absolute Gasteiger partial charge is 0.459 e. The normalized spacial score (nSPS) is 10.3. The van der Waals surface area contributed by atoms with Gasteiger partial charge in [0.25, 0.3) is 11.8 Å². The van der Waals surface area contributed by atoms with Crippen LogP contribution in [0.5, 0.6) is 0 Å². The van der Waals surface area contributed by atoms with Gasteiger partial charge < -0.3 is 20.4 Å². The SMILES string of the molecule is CCC(=O)Nc1ccc(NC(=O)c2ccc(NC(=O)c3ccco3)s2)cc1. The van der Waals surface area contributed by atoms with Crippen molar-refractivity contribution in [1.82, 2.24) is 0 Å². The molecule has 0 aliphatic heterocycles. The minimum absolute atomic E-state index is 0.0745. The summed E-state index contributed by atoms with van der Waals surface area (Å²) in [5, 5.41) is 8.74. The van der Waals surface area contributed by atoms with E-state index < -0.39 is 0 Å². The summed E-state index contributed by atoms with van der Waals surface area (Å²) in [6.07, 6.45) is 1.82. The second-order valence-electron chi connectivity index (χ2n) is 5.53. The number of furan rings is 1. The van der Waals surface area contributed by atoms with E-state index in [2.05, 4.69) is 16.0 Å². The van der Waals surface area contributed by atoms with Gasteiger partial charge in [-0.2, -0.15) is 0 Å². The summed E-state index contributed by atoms with van der Waals surface area (Å²) < 4.78 is 5.03. The predicted molar refractivity (Wildman–Crippen MR) is 104 cm³/mol. The summed E-state index contributed by atoms with van der Waals surface area (Å²) in [5.41, 5.74) is 1.27. The lowest BCUT2D eigenvalue weighted by Gasteiger charge is -2.06. The fourth-order valence-electron chi connectivity index (χ4n) is 2.19. The van der Waals surface area contributed by atoms with Crippen LogP contribution in [0, 0.1) is 0 Å².